The molecule has 0 saturated heterocycles. The van der Waals surface area contributed by atoms with Gasteiger partial charge in [0.25, 0.3) is 0 Å². The molecule has 1 fully saturated rings. The molecule has 2 rings (SSSR count). The first-order chi connectivity index (χ1) is 8.29. The van der Waals surface area contributed by atoms with Crippen molar-refractivity contribution < 1.29 is 0 Å². The first-order valence-corrected chi connectivity index (χ1v) is 7.62. The lowest BCUT2D eigenvalue weighted by Crippen LogP contribution is -2.10. The second-order valence-electron chi connectivity index (χ2n) is 4.89. The Hall–Kier alpha value is -0.540. The van der Waals surface area contributed by atoms with Crippen LogP contribution < -0.4 is 5.73 Å². The van der Waals surface area contributed by atoms with Crippen LogP contribution in [0.15, 0.2) is 23.2 Å². The minimum atomic E-state index is 0.0869. The quantitative estimate of drug-likeness (QED) is 0.808. The van der Waals surface area contributed by atoms with Crippen molar-refractivity contribution in [1.29, 1.82) is 0 Å². The number of aromatic nitrogens is 1. The fourth-order valence-corrected chi connectivity index (χ4v) is 3.35. The van der Waals surface area contributed by atoms with E-state index in [1.54, 1.807) is 0 Å². The highest BCUT2D eigenvalue weighted by atomic mass is 32.2. The normalized spacial score (nSPS) is 18.5. The Morgan fingerprint density at radius 2 is 2.18 bits per heavy atom. The number of nitrogens with two attached hydrogens (primary N) is 1. The largest absolute Gasteiger partial charge is 0.323 e. The Morgan fingerprint density at radius 3 is 2.76 bits per heavy atom. The lowest BCUT2D eigenvalue weighted by atomic mass is 10.1. The summed E-state index contributed by atoms with van der Waals surface area (Å²) in [7, 11) is 0. The van der Waals surface area contributed by atoms with Crippen molar-refractivity contribution in [3.05, 3.63) is 24.0 Å². The Bertz CT molecular complexity index is 331. The molecule has 1 aliphatic rings. The average Bonchev–Trinajstić information content (AvgIpc) is 2.89. The van der Waals surface area contributed by atoms with Gasteiger partial charge in [-0.3, -0.25) is 4.98 Å². The lowest BCUT2D eigenvalue weighted by Gasteiger charge is -2.10. The SMILES string of the molecule is CC[C@H](N)c1ccc(SCC2CCCC2)cn1. The highest BCUT2D eigenvalue weighted by Crippen LogP contribution is 2.30. The van der Waals surface area contributed by atoms with Gasteiger partial charge < -0.3 is 5.73 Å². The Kier molecular flexibility index (Phi) is 4.86. The first-order valence-electron chi connectivity index (χ1n) is 6.64. The fraction of sp³-hybridized carbons (Fsp3) is 0.643. The van der Waals surface area contributed by atoms with Crippen molar-refractivity contribution in [3.63, 3.8) is 0 Å². The number of thioether (sulfide) groups is 1. The Morgan fingerprint density at radius 1 is 1.41 bits per heavy atom. The predicted molar refractivity (Wildman–Crippen MR) is 74.1 cm³/mol. The van der Waals surface area contributed by atoms with E-state index in [9.17, 15) is 0 Å². The zero-order valence-electron chi connectivity index (χ0n) is 10.6. The van der Waals surface area contributed by atoms with Crippen molar-refractivity contribution in [2.45, 2.75) is 50.0 Å². The molecule has 0 spiro atoms. The maximum atomic E-state index is 5.95. The van der Waals surface area contributed by atoms with Crippen molar-refractivity contribution in [2.75, 3.05) is 5.75 Å². The summed E-state index contributed by atoms with van der Waals surface area (Å²) in [5.74, 6) is 2.18. The van der Waals surface area contributed by atoms with E-state index in [0.29, 0.717) is 0 Å². The average molecular weight is 250 g/mol. The highest BCUT2D eigenvalue weighted by Gasteiger charge is 2.15. The summed E-state index contributed by atoms with van der Waals surface area (Å²) in [4.78, 5) is 5.73. The van der Waals surface area contributed by atoms with Crippen LogP contribution >= 0.6 is 11.8 Å². The van der Waals surface area contributed by atoms with Gasteiger partial charge in [-0.2, -0.15) is 0 Å². The maximum absolute atomic E-state index is 5.95. The van der Waals surface area contributed by atoms with Crippen LogP contribution in [0.4, 0.5) is 0 Å². The van der Waals surface area contributed by atoms with Gasteiger partial charge in [0.15, 0.2) is 0 Å². The van der Waals surface area contributed by atoms with Crippen LogP contribution in [-0.4, -0.2) is 10.7 Å². The van der Waals surface area contributed by atoms with Gasteiger partial charge in [-0.05, 0) is 37.3 Å². The van der Waals surface area contributed by atoms with Crippen molar-refractivity contribution in [2.24, 2.45) is 11.7 Å². The van der Waals surface area contributed by atoms with E-state index in [0.717, 1.165) is 18.0 Å². The van der Waals surface area contributed by atoms with E-state index in [1.165, 1.54) is 36.3 Å². The van der Waals surface area contributed by atoms with Gasteiger partial charge in [-0.1, -0.05) is 19.8 Å². The number of hydrogen-bond acceptors (Lipinski definition) is 3. The third-order valence-corrected chi connectivity index (χ3v) is 4.75. The molecule has 1 aromatic heterocycles. The molecule has 2 N–H and O–H groups in total. The Balaban J connectivity index is 1.84. The second kappa shape index (κ2) is 6.41. The molecule has 0 bridgehead atoms. The number of pyridine rings is 1. The molecular weight excluding hydrogens is 228 g/mol. The molecule has 0 unspecified atom stereocenters. The zero-order chi connectivity index (χ0) is 12.1. The molecule has 1 aromatic rings. The molecule has 3 heteroatoms. The van der Waals surface area contributed by atoms with Crippen LogP contribution in [0, 0.1) is 5.92 Å². The van der Waals surface area contributed by atoms with E-state index < -0.39 is 0 Å². The van der Waals surface area contributed by atoms with Gasteiger partial charge in [-0.15, -0.1) is 11.8 Å². The standard InChI is InChI=1S/C14H22N2S/c1-2-13(15)14-8-7-12(9-16-14)17-10-11-5-3-4-6-11/h7-9,11,13H,2-6,10,15H2,1H3/t13-/m0/s1. The van der Waals surface area contributed by atoms with Gasteiger partial charge in [0.2, 0.25) is 0 Å². The lowest BCUT2D eigenvalue weighted by molar-refractivity contribution is 0.623. The monoisotopic (exact) mass is 250 g/mol. The predicted octanol–water partition coefficient (Wildman–Crippen LogP) is 3.77. The van der Waals surface area contributed by atoms with Crippen molar-refractivity contribution in [1.82, 2.24) is 4.98 Å². The van der Waals surface area contributed by atoms with Crippen molar-refractivity contribution in [3.8, 4) is 0 Å². The van der Waals surface area contributed by atoms with E-state index >= 15 is 0 Å². The van der Waals surface area contributed by atoms with Crippen LogP contribution in [0.2, 0.25) is 0 Å². The number of rotatable bonds is 5. The van der Waals surface area contributed by atoms with Gasteiger partial charge in [0.1, 0.15) is 0 Å². The minimum absolute atomic E-state index is 0.0869. The zero-order valence-corrected chi connectivity index (χ0v) is 11.4. The summed E-state index contributed by atoms with van der Waals surface area (Å²) in [5, 5.41) is 0. The maximum Gasteiger partial charge on any atom is 0.0571 e. The molecule has 0 aliphatic heterocycles. The molecule has 0 amide bonds. The number of nitrogens with zero attached hydrogens (tertiary/aromatic N) is 1. The van der Waals surface area contributed by atoms with E-state index in [4.69, 9.17) is 5.73 Å². The third-order valence-electron chi connectivity index (χ3n) is 3.54. The molecule has 94 valence electrons. The summed E-state index contributed by atoms with van der Waals surface area (Å²) >= 11 is 1.94. The molecule has 0 radical (unpaired) electrons. The Labute approximate surface area is 108 Å². The second-order valence-corrected chi connectivity index (χ2v) is 5.99. The molecular formula is C14H22N2S. The molecule has 17 heavy (non-hydrogen) atoms. The number of hydrogen-bond donors (Lipinski definition) is 1. The molecule has 1 aliphatic carbocycles. The smallest absolute Gasteiger partial charge is 0.0571 e. The van der Waals surface area contributed by atoms with Crippen molar-refractivity contribution >= 4 is 11.8 Å². The van der Waals surface area contributed by atoms with Gasteiger partial charge in [0.05, 0.1) is 5.69 Å². The topological polar surface area (TPSA) is 38.9 Å². The molecule has 2 nitrogen and oxygen atoms in total. The van der Waals surface area contributed by atoms with E-state index in [1.807, 2.05) is 18.0 Å². The summed E-state index contributed by atoms with van der Waals surface area (Å²) < 4.78 is 0. The molecule has 1 saturated carbocycles. The van der Waals surface area contributed by atoms with Gasteiger partial charge in [-0.25, -0.2) is 0 Å². The first kappa shape index (κ1) is 12.9. The molecule has 1 heterocycles. The highest BCUT2D eigenvalue weighted by molar-refractivity contribution is 7.99. The summed E-state index contributed by atoms with van der Waals surface area (Å²) in [6.45, 7) is 2.09. The summed E-state index contributed by atoms with van der Waals surface area (Å²) in [6.07, 6.45) is 8.60. The van der Waals surface area contributed by atoms with E-state index in [2.05, 4.69) is 24.0 Å². The molecule has 0 aromatic carbocycles. The third kappa shape index (κ3) is 3.71. The van der Waals surface area contributed by atoms with Crippen LogP contribution in [0.3, 0.4) is 0 Å². The fourth-order valence-electron chi connectivity index (χ4n) is 2.30. The van der Waals surface area contributed by atoms with E-state index in [-0.39, 0.29) is 6.04 Å². The molecule has 1 atom stereocenters. The summed E-state index contributed by atoms with van der Waals surface area (Å²) in [6, 6.07) is 4.33. The van der Waals surface area contributed by atoms with Crippen LogP contribution in [0.1, 0.15) is 50.8 Å². The van der Waals surface area contributed by atoms with Crippen LogP contribution in [0.25, 0.3) is 0 Å². The summed E-state index contributed by atoms with van der Waals surface area (Å²) in [5.41, 5.74) is 6.96. The van der Waals surface area contributed by atoms with Gasteiger partial charge in [0, 0.05) is 22.9 Å². The van der Waals surface area contributed by atoms with Crippen LogP contribution in [0.5, 0.6) is 0 Å². The van der Waals surface area contributed by atoms with Crippen LogP contribution in [-0.2, 0) is 0 Å². The van der Waals surface area contributed by atoms with Gasteiger partial charge >= 0.3 is 0 Å². The minimum Gasteiger partial charge on any atom is -0.323 e.